The molecule has 1 N–H and O–H groups in total. The maximum absolute atomic E-state index is 12.4. The molecule has 1 saturated heterocycles. The number of hydrogen-bond acceptors (Lipinski definition) is 4. The number of benzene rings is 2. The Morgan fingerprint density at radius 1 is 0.963 bits per heavy atom. The van der Waals surface area contributed by atoms with Gasteiger partial charge in [0.05, 0.1) is 0 Å². The van der Waals surface area contributed by atoms with Crippen molar-refractivity contribution in [3.8, 4) is 11.3 Å². The van der Waals surface area contributed by atoms with Crippen molar-refractivity contribution < 1.29 is 14.1 Å². The predicted octanol–water partition coefficient (Wildman–Crippen LogP) is 3.83. The third-order valence-corrected chi connectivity index (χ3v) is 4.58. The van der Waals surface area contributed by atoms with Crippen molar-refractivity contribution in [1.82, 2.24) is 10.1 Å². The van der Waals surface area contributed by atoms with Crippen LogP contribution in [-0.2, 0) is 0 Å². The number of likely N-dealkylation sites (tertiary alicyclic amines) is 1. The summed E-state index contributed by atoms with van der Waals surface area (Å²) >= 11 is 0. The molecule has 6 nitrogen and oxygen atoms in total. The Morgan fingerprint density at radius 3 is 2.37 bits per heavy atom. The number of amides is 2. The Hall–Kier alpha value is -3.41. The summed E-state index contributed by atoms with van der Waals surface area (Å²) in [5.74, 6) is 0.209. The fourth-order valence-corrected chi connectivity index (χ4v) is 3.11. The third kappa shape index (κ3) is 3.74. The maximum atomic E-state index is 12.4. The maximum Gasteiger partial charge on any atom is 0.277 e. The van der Waals surface area contributed by atoms with Crippen LogP contribution in [0.2, 0.25) is 0 Å². The highest BCUT2D eigenvalue weighted by atomic mass is 16.5. The normalized spacial score (nSPS) is 13.6. The van der Waals surface area contributed by atoms with E-state index in [2.05, 4.69) is 10.5 Å². The summed E-state index contributed by atoms with van der Waals surface area (Å²) < 4.78 is 5.26. The zero-order chi connectivity index (χ0) is 18.6. The molecule has 0 spiro atoms. The molecule has 0 aliphatic carbocycles. The lowest BCUT2D eigenvalue weighted by Crippen LogP contribution is -2.27. The summed E-state index contributed by atoms with van der Waals surface area (Å²) in [6, 6.07) is 18.0. The molecule has 1 fully saturated rings. The van der Waals surface area contributed by atoms with E-state index in [1.807, 2.05) is 35.2 Å². The van der Waals surface area contributed by atoms with Gasteiger partial charge in [0, 0.05) is 36.0 Å². The molecule has 0 saturated carbocycles. The molecule has 4 rings (SSSR count). The van der Waals surface area contributed by atoms with E-state index in [9.17, 15) is 9.59 Å². The number of hydrogen-bond donors (Lipinski definition) is 1. The molecular formula is C21H19N3O3. The number of anilines is 1. The van der Waals surface area contributed by atoms with E-state index in [-0.39, 0.29) is 17.5 Å². The first-order chi connectivity index (χ1) is 13.2. The fraction of sp³-hybridized carbons (Fsp3) is 0.190. The second-order valence-corrected chi connectivity index (χ2v) is 6.47. The lowest BCUT2D eigenvalue weighted by Gasteiger charge is -2.15. The number of carbonyl (C=O) groups excluding carboxylic acids is 2. The van der Waals surface area contributed by atoms with Gasteiger partial charge in [0.25, 0.3) is 11.8 Å². The van der Waals surface area contributed by atoms with Gasteiger partial charge in [-0.15, -0.1) is 0 Å². The van der Waals surface area contributed by atoms with Crippen molar-refractivity contribution in [2.75, 3.05) is 18.4 Å². The summed E-state index contributed by atoms with van der Waals surface area (Å²) in [6.45, 7) is 1.63. The van der Waals surface area contributed by atoms with Crippen LogP contribution in [0.4, 0.5) is 5.69 Å². The molecule has 2 heterocycles. The Labute approximate surface area is 156 Å². The van der Waals surface area contributed by atoms with Crippen LogP contribution < -0.4 is 5.32 Å². The Morgan fingerprint density at radius 2 is 1.67 bits per heavy atom. The highest BCUT2D eigenvalue weighted by Crippen LogP contribution is 2.21. The summed E-state index contributed by atoms with van der Waals surface area (Å²) in [4.78, 5) is 26.6. The number of rotatable bonds is 4. The van der Waals surface area contributed by atoms with Gasteiger partial charge >= 0.3 is 0 Å². The zero-order valence-corrected chi connectivity index (χ0v) is 14.7. The van der Waals surface area contributed by atoms with Crippen LogP contribution in [0, 0.1) is 0 Å². The van der Waals surface area contributed by atoms with E-state index in [0.717, 1.165) is 31.5 Å². The Bertz CT molecular complexity index is 942. The van der Waals surface area contributed by atoms with Gasteiger partial charge < -0.3 is 14.7 Å². The molecule has 2 amide bonds. The molecule has 136 valence electrons. The van der Waals surface area contributed by atoms with E-state index in [1.165, 1.54) is 0 Å². The second kappa shape index (κ2) is 7.45. The summed E-state index contributed by atoms with van der Waals surface area (Å²) in [5, 5.41) is 6.61. The molecule has 6 heteroatoms. The number of nitrogens with zero attached hydrogens (tertiary/aromatic N) is 2. The smallest absolute Gasteiger partial charge is 0.277 e. The summed E-state index contributed by atoms with van der Waals surface area (Å²) in [6.07, 6.45) is 2.12. The Kier molecular flexibility index (Phi) is 4.70. The summed E-state index contributed by atoms with van der Waals surface area (Å²) in [5.41, 5.74) is 2.28. The number of nitrogens with one attached hydrogen (secondary N) is 1. The van der Waals surface area contributed by atoms with E-state index in [1.54, 1.807) is 30.3 Å². The first kappa shape index (κ1) is 17.0. The lowest BCUT2D eigenvalue weighted by molar-refractivity contribution is 0.0792. The predicted molar refractivity (Wildman–Crippen MR) is 101 cm³/mol. The topological polar surface area (TPSA) is 75.4 Å². The minimum absolute atomic E-state index is 0.0365. The van der Waals surface area contributed by atoms with Gasteiger partial charge in [-0.3, -0.25) is 9.59 Å². The van der Waals surface area contributed by atoms with Crippen LogP contribution in [0.3, 0.4) is 0 Å². The van der Waals surface area contributed by atoms with Gasteiger partial charge in [-0.25, -0.2) is 0 Å². The van der Waals surface area contributed by atoms with Crippen LogP contribution in [-0.4, -0.2) is 35.0 Å². The van der Waals surface area contributed by atoms with Gasteiger partial charge in [0.15, 0.2) is 11.5 Å². The molecule has 1 aliphatic rings. The molecule has 27 heavy (non-hydrogen) atoms. The Balaban J connectivity index is 1.42. The molecule has 2 aromatic carbocycles. The average Bonchev–Trinajstić information content (AvgIpc) is 3.41. The van der Waals surface area contributed by atoms with E-state index >= 15 is 0 Å². The minimum atomic E-state index is -0.362. The quantitative estimate of drug-likeness (QED) is 0.766. The van der Waals surface area contributed by atoms with Crippen molar-refractivity contribution in [1.29, 1.82) is 0 Å². The van der Waals surface area contributed by atoms with Crippen molar-refractivity contribution >= 4 is 17.5 Å². The first-order valence-corrected chi connectivity index (χ1v) is 8.93. The van der Waals surface area contributed by atoms with Crippen LogP contribution in [0.15, 0.2) is 65.2 Å². The second-order valence-electron chi connectivity index (χ2n) is 6.47. The molecule has 1 aliphatic heterocycles. The van der Waals surface area contributed by atoms with E-state index < -0.39 is 0 Å². The van der Waals surface area contributed by atoms with Crippen LogP contribution in [0.25, 0.3) is 11.3 Å². The van der Waals surface area contributed by atoms with Crippen molar-refractivity contribution in [3.05, 3.63) is 71.9 Å². The van der Waals surface area contributed by atoms with E-state index in [4.69, 9.17) is 4.52 Å². The largest absolute Gasteiger partial charge is 0.355 e. The molecular weight excluding hydrogens is 342 g/mol. The van der Waals surface area contributed by atoms with Crippen LogP contribution in [0.5, 0.6) is 0 Å². The molecule has 1 aromatic heterocycles. The van der Waals surface area contributed by atoms with Crippen LogP contribution in [0.1, 0.15) is 33.7 Å². The average molecular weight is 361 g/mol. The standard InChI is InChI=1S/C21H19N3O3/c25-20(18-14-19(27-23-18)15-6-2-1-3-7-15)22-17-10-8-16(9-11-17)21(26)24-12-4-5-13-24/h1-3,6-11,14H,4-5,12-13H2,(H,22,25). The first-order valence-electron chi connectivity index (χ1n) is 8.93. The highest BCUT2D eigenvalue weighted by Gasteiger charge is 2.19. The van der Waals surface area contributed by atoms with Crippen molar-refractivity contribution in [2.45, 2.75) is 12.8 Å². The lowest BCUT2D eigenvalue weighted by atomic mass is 10.1. The van der Waals surface area contributed by atoms with Gasteiger partial charge in [-0.2, -0.15) is 0 Å². The van der Waals surface area contributed by atoms with Gasteiger partial charge in [0.1, 0.15) is 0 Å². The number of carbonyl (C=O) groups is 2. The van der Waals surface area contributed by atoms with Crippen molar-refractivity contribution in [2.24, 2.45) is 0 Å². The zero-order valence-electron chi connectivity index (χ0n) is 14.7. The minimum Gasteiger partial charge on any atom is -0.355 e. The monoisotopic (exact) mass is 361 g/mol. The van der Waals surface area contributed by atoms with Crippen molar-refractivity contribution in [3.63, 3.8) is 0 Å². The number of aromatic nitrogens is 1. The SMILES string of the molecule is O=C(Nc1ccc(C(=O)N2CCCC2)cc1)c1cc(-c2ccccc2)on1. The molecule has 0 radical (unpaired) electrons. The molecule has 0 unspecified atom stereocenters. The molecule has 3 aromatic rings. The van der Waals surface area contributed by atoms with Gasteiger partial charge in [-0.05, 0) is 37.1 Å². The highest BCUT2D eigenvalue weighted by molar-refractivity contribution is 6.03. The fourth-order valence-electron chi connectivity index (χ4n) is 3.11. The molecule has 0 bridgehead atoms. The summed E-state index contributed by atoms with van der Waals surface area (Å²) in [7, 11) is 0. The van der Waals surface area contributed by atoms with Gasteiger partial charge in [0.2, 0.25) is 0 Å². The van der Waals surface area contributed by atoms with E-state index in [0.29, 0.717) is 17.0 Å². The van der Waals surface area contributed by atoms with Crippen LogP contribution >= 0.6 is 0 Å². The van der Waals surface area contributed by atoms with Gasteiger partial charge in [-0.1, -0.05) is 35.5 Å². The molecule has 0 atom stereocenters. The third-order valence-electron chi connectivity index (χ3n) is 4.58.